The lowest BCUT2D eigenvalue weighted by Gasteiger charge is -2.40. The zero-order valence-corrected chi connectivity index (χ0v) is 19.9. The van der Waals surface area contributed by atoms with Crippen LogP contribution in [0, 0.1) is 11.2 Å². The monoisotopic (exact) mass is 457 g/mol. The van der Waals surface area contributed by atoms with Gasteiger partial charge in [0.15, 0.2) is 0 Å². The second kappa shape index (κ2) is 8.64. The quantitative estimate of drug-likeness (QED) is 0.415. The summed E-state index contributed by atoms with van der Waals surface area (Å²) in [5.41, 5.74) is 4.87. The number of aliphatic imine (C=N–C) groups is 1. The van der Waals surface area contributed by atoms with Gasteiger partial charge in [-0.2, -0.15) is 0 Å². The van der Waals surface area contributed by atoms with E-state index >= 15 is 0 Å². The second-order valence-corrected chi connectivity index (χ2v) is 9.60. The molecule has 0 fully saturated rings. The van der Waals surface area contributed by atoms with Gasteiger partial charge in [-0.05, 0) is 72.0 Å². The van der Waals surface area contributed by atoms with Crippen LogP contribution in [0.1, 0.15) is 43.7 Å². The van der Waals surface area contributed by atoms with Gasteiger partial charge in [-0.3, -0.25) is 4.99 Å². The number of halogens is 1. The Kier molecular flexibility index (Phi) is 5.64. The van der Waals surface area contributed by atoms with Gasteiger partial charge in [0, 0.05) is 29.2 Å². The highest BCUT2D eigenvalue weighted by molar-refractivity contribution is 6.05. The van der Waals surface area contributed by atoms with E-state index in [9.17, 15) is 4.39 Å². The first kappa shape index (κ1) is 22.2. The third-order valence-electron chi connectivity index (χ3n) is 6.49. The number of allylic oxidation sites excluding steroid dienone is 2. The molecule has 4 nitrogen and oxygen atoms in total. The molecule has 174 valence electrons. The molecule has 2 aliphatic rings. The lowest BCUT2D eigenvalue weighted by molar-refractivity contribution is 0.278. The number of hydrogen-bond donors (Lipinski definition) is 0. The van der Waals surface area contributed by atoms with Crippen LogP contribution in [0.5, 0.6) is 17.2 Å². The summed E-state index contributed by atoms with van der Waals surface area (Å²) in [6.07, 6.45) is 1.60. The van der Waals surface area contributed by atoms with Crippen molar-refractivity contribution in [3.05, 3.63) is 95.0 Å². The normalized spacial score (nSPS) is 19.8. The zero-order valence-electron chi connectivity index (χ0n) is 19.9. The van der Waals surface area contributed by atoms with Crippen molar-refractivity contribution in [3.63, 3.8) is 0 Å². The molecule has 1 atom stereocenters. The summed E-state index contributed by atoms with van der Waals surface area (Å²) in [5.74, 6) is 2.88. The van der Waals surface area contributed by atoms with E-state index in [0.717, 1.165) is 63.9 Å². The van der Waals surface area contributed by atoms with Gasteiger partial charge in [0.25, 0.3) is 0 Å². The van der Waals surface area contributed by atoms with Gasteiger partial charge in [0.2, 0.25) is 0 Å². The molecule has 3 aromatic carbocycles. The van der Waals surface area contributed by atoms with E-state index in [0.29, 0.717) is 0 Å². The smallest absolute Gasteiger partial charge is 0.131 e. The second-order valence-electron chi connectivity index (χ2n) is 9.60. The van der Waals surface area contributed by atoms with E-state index in [1.54, 1.807) is 14.2 Å². The van der Waals surface area contributed by atoms with Gasteiger partial charge < -0.3 is 14.2 Å². The molecule has 0 saturated heterocycles. The molecule has 1 aliphatic carbocycles. The Morgan fingerprint density at radius 1 is 0.882 bits per heavy atom. The first-order valence-corrected chi connectivity index (χ1v) is 11.4. The summed E-state index contributed by atoms with van der Waals surface area (Å²) in [6, 6.07) is 20.3. The Labute approximate surface area is 199 Å². The van der Waals surface area contributed by atoms with Crippen LogP contribution in [0.3, 0.4) is 0 Å². The van der Waals surface area contributed by atoms with E-state index in [4.69, 9.17) is 19.2 Å². The summed E-state index contributed by atoms with van der Waals surface area (Å²) in [7, 11) is 3.31. The van der Waals surface area contributed by atoms with Crippen LogP contribution in [0.2, 0.25) is 0 Å². The number of rotatable bonds is 4. The number of hydrogen-bond acceptors (Lipinski definition) is 4. The molecule has 1 heterocycles. The molecular weight excluding hydrogens is 429 g/mol. The Morgan fingerprint density at radius 2 is 1.56 bits per heavy atom. The first-order valence-electron chi connectivity index (χ1n) is 11.4. The van der Waals surface area contributed by atoms with E-state index in [-0.39, 0.29) is 17.2 Å². The highest BCUT2D eigenvalue weighted by atomic mass is 19.1. The van der Waals surface area contributed by atoms with Crippen molar-refractivity contribution < 1.29 is 18.6 Å². The van der Waals surface area contributed by atoms with E-state index < -0.39 is 0 Å². The van der Waals surface area contributed by atoms with Crippen LogP contribution in [0.25, 0.3) is 0 Å². The molecule has 0 N–H and O–H groups in total. The fourth-order valence-electron chi connectivity index (χ4n) is 4.89. The van der Waals surface area contributed by atoms with Crippen molar-refractivity contribution >= 4 is 11.4 Å². The van der Waals surface area contributed by atoms with Crippen LogP contribution < -0.4 is 14.2 Å². The zero-order chi connectivity index (χ0) is 23.9. The third kappa shape index (κ3) is 4.18. The summed E-state index contributed by atoms with van der Waals surface area (Å²) in [5, 5.41) is 0. The predicted molar refractivity (Wildman–Crippen MR) is 132 cm³/mol. The third-order valence-corrected chi connectivity index (χ3v) is 6.49. The highest BCUT2D eigenvalue weighted by Gasteiger charge is 2.41. The number of ether oxygens (including phenoxy) is 3. The van der Waals surface area contributed by atoms with Gasteiger partial charge in [-0.1, -0.05) is 26.0 Å². The molecule has 34 heavy (non-hydrogen) atoms. The molecule has 0 spiro atoms. The standard InChI is InChI=1S/C29H28FNO3/c1-29(2)16-24(31-20-9-11-21(32-3)12-10-20)28-26(17-29)34-25-14-13-22(33-4)15-23(25)27(28)18-5-7-19(30)8-6-18/h5-15,27H,16-17H2,1-4H3/t27-/m0/s1. The van der Waals surface area contributed by atoms with Crippen LogP contribution >= 0.6 is 0 Å². The lowest BCUT2D eigenvalue weighted by atomic mass is 9.69. The summed E-state index contributed by atoms with van der Waals surface area (Å²) in [4.78, 5) is 5.10. The fourth-order valence-corrected chi connectivity index (χ4v) is 4.89. The number of nitrogens with zero attached hydrogens (tertiary/aromatic N) is 1. The van der Waals surface area contributed by atoms with Crippen molar-refractivity contribution in [2.24, 2.45) is 10.4 Å². The van der Waals surface area contributed by atoms with Gasteiger partial charge in [-0.15, -0.1) is 0 Å². The maximum absolute atomic E-state index is 13.8. The predicted octanol–water partition coefficient (Wildman–Crippen LogP) is 7.21. The lowest BCUT2D eigenvalue weighted by Crippen LogP contribution is -2.33. The van der Waals surface area contributed by atoms with Crippen LogP contribution in [0.15, 0.2) is 83.1 Å². The first-order chi connectivity index (χ1) is 16.4. The maximum atomic E-state index is 13.8. The molecule has 0 aromatic heterocycles. The summed E-state index contributed by atoms with van der Waals surface area (Å²) < 4.78 is 31.2. The van der Waals surface area contributed by atoms with Gasteiger partial charge in [-0.25, -0.2) is 4.39 Å². The van der Waals surface area contributed by atoms with Gasteiger partial charge in [0.05, 0.1) is 19.9 Å². The van der Waals surface area contributed by atoms with Crippen molar-refractivity contribution in [3.8, 4) is 17.2 Å². The van der Waals surface area contributed by atoms with Crippen molar-refractivity contribution in [1.29, 1.82) is 0 Å². The molecule has 3 aromatic rings. The molecule has 5 heteroatoms. The number of benzene rings is 3. The molecule has 5 rings (SSSR count). The topological polar surface area (TPSA) is 40.0 Å². The number of fused-ring (bicyclic) bond motifs is 1. The molecule has 0 bridgehead atoms. The Morgan fingerprint density at radius 3 is 2.24 bits per heavy atom. The Balaban J connectivity index is 1.71. The summed E-state index contributed by atoms with van der Waals surface area (Å²) in [6.45, 7) is 4.47. The molecular formula is C29H28FNO3. The molecule has 0 amide bonds. The minimum Gasteiger partial charge on any atom is -0.497 e. The van der Waals surface area contributed by atoms with Gasteiger partial charge in [0.1, 0.15) is 28.8 Å². The Bertz CT molecular complexity index is 1270. The average Bonchev–Trinajstić information content (AvgIpc) is 2.83. The molecule has 1 aliphatic heterocycles. The molecule has 0 saturated carbocycles. The van der Waals surface area contributed by atoms with Crippen molar-refractivity contribution in [2.75, 3.05) is 14.2 Å². The SMILES string of the molecule is COc1ccc(N=C2CC(C)(C)CC3=C2[C@@H](c2ccc(F)cc2)c2cc(OC)ccc2O3)cc1. The number of methoxy groups -OCH3 is 2. The molecule has 0 radical (unpaired) electrons. The van der Waals surface area contributed by atoms with Crippen molar-refractivity contribution in [1.82, 2.24) is 0 Å². The van der Waals surface area contributed by atoms with E-state index in [2.05, 4.69) is 13.8 Å². The van der Waals surface area contributed by atoms with E-state index in [1.165, 1.54) is 12.1 Å². The van der Waals surface area contributed by atoms with Gasteiger partial charge >= 0.3 is 0 Å². The summed E-state index contributed by atoms with van der Waals surface area (Å²) >= 11 is 0. The Hall–Kier alpha value is -3.60. The van der Waals surface area contributed by atoms with Crippen LogP contribution in [-0.4, -0.2) is 19.9 Å². The minimum absolute atomic E-state index is 0.0124. The largest absolute Gasteiger partial charge is 0.497 e. The van der Waals surface area contributed by atoms with Crippen LogP contribution in [0.4, 0.5) is 10.1 Å². The molecule has 0 unspecified atom stereocenters. The average molecular weight is 458 g/mol. The van der Waals surface area contributed by atoms with Crippen LogP contribution in [-0.2, 0) is 0 Å². The fraction of sp³-hybridized carbons (Fsp3) is 0.276. The van der Waals surface area contributed by atoms with E-state index in [1.807, 2.05) is 54.6 Å². The maximum Gasteiger partial charge on any atom is 0.131 e. The minimum atomic E-state index is -0.257. The van der Waals surface area contributed by atoms with Crippen molar-refractivity contribution in [2.45, 2.75) is 32.6 Å². The highest BCUT2D eigenvalue weighted by Crippen LogP contribution is 2.51.